The largest absolute Gasteiger partial charge is 0.512 e. The van der Waals surface area contributed by atoms with Crippen LogP contribution in [0.2, 0.25) is 0 Å². The number of thioether (sulfide) groups is 1. The second-order valence-electron chi connectivity index (χ2n) is 16.7. The molecule has 0 bridgehead atoms. The minimum absolute atomic E-state index is 0. The Morgan fingerprint density at radius 2 is 1.58 bits per heavy atom. The second kappa shape index (κ2) is 16.8. The minimum Gasteiger partial charge on any atom is -0.512 e. The van der Waals surface area contributed by atoms with Gasteiger partial charge in [0.15, 0.2) is 5.78 Å². The smallest absolute Gasteiger partial charge is 0.223 e. The van der Waals surface area contributed by atoms with E-state index in [1.54, 1.807) is 6.33 Å². The Bertz CT molecular complexity index is 2100. The fraction of sp³-hybridized carbons (Fsp3) is 0.500. The number of aromatic nitrogens is 2. The maximum Gasteiger partial charge on any atom is 0.223 e. The van der Waals surface area contributed by atoms with E-state index in [0.29, 0.717) is 22.8 Å². The molecule has 2 atom stereocenters. The predicted octanol–water partition coefficient (Wildman–Crippen LogP) is 13.6. The molecule has 0 fully saturated rings. The Morgan fingerprint density at radius 3 is 2.19 bits per heavy atom. The molecule has 0 amide bonds. The maximum atomic E-state index is 12.2. The molecule has 53 heavy (non-hydrogen) atoms. The number of ketones is 1. The van der Waals surface area contributed by atoms with Crippen molar-refractivity contribution < 1.29 is 34.4 Å². The number of aliphatic hydroxyl groups excluding tert-OH is 1. The number of carbonyl (C=O) groups is 1. The molecular formula is C46H59IrN2O3S-. The monoisotopic (exact) mass is 912 g/mol. The summed E-state index contributed by atoms with van der Waals surface area (Å²) in [6.45, 7) is 25.9. The quantitative estimate of drug-likeness (QED) is 0.0855. The van der Waals surface area contributed by atoms with Crippen molar-refractivity contribution in [2.75, 3.05) is 0 Å². The topological polar surface area (TPSA) is 76.2 Å². The summed E-state index contributed by atoms with van der Waals surface area (Å²) >= 11 is 1.98. The van der Waals surface area contributed by atoms with Gasteiger partial charge in [0.05, 0.1) is 0 Å². The molecule has 7 heteroatoms. The van der Waals surface area contributed by atoms with Crippen LogP contribution in [0.4, 0.5) is 0 Å². The van der Waals surface area contributed by atoms with Crippen LogP contribution in [0, 0.1) is 22.8 Å². The van der Waals surface area contributed by atoms with Crippen LogP contribution in [0.25, 0.3) is 44.1 Å². The summed E-state index contributed by atoms with van der Waals surface area (Å²) in [6, 6.07) is 18.9. The molecule has 5 nitrogen and oxygen atoms in total. The van der Waals surface area contributed by atoms with Crippen LogP contribution in [0.3, 0.4) is 0 Å². The number of nitrogens with zero attached hydrogens (tertiary/aromatic N) is 2. The number of carbonyl (C=O) groups excluding carboxylic acids is 1. The van der Waals surface area contributed by atoms with Gasteiger partial charge in [-0.3, -0.25) is 9.78 Å². The van der Waals surface area contributed by atoms with Crippen LogP contribution >= 0.6 is 11.8 Å². The van der Waals surface area contributed by atoms with Crippen LogP contribution in [0.15, 0.2) is 69.9 Å². The third-order valence-electron chi connectivity index (χ3n) is 11.9. The predicted molar refractivity (Wildman–Crippen MR) is 220 cm³/mol. The van der Waals surface area contributed by atoms with Gasteiger partial charge in [-0.05, 0) is 61.0 Å². The Hall–Kier alpha value is -2.99. The van der Waals surface area contributed by atoms with Crippen molar-refractivity contribution in [2.45, 2.75) is 137 Å². The van der Waals surface area contributed by atoms with Crippen molar-refractivity contribution >= 4 is 50.4 Å². The molecule has 1 N–H and O–H groups in total. The van der Waals surface area contributed by atoms with Gasteiger partial charge in [-0.2, -0.15) is 0 Å². The molecular weight excluding hydrogens is 853 g/mol. The number of fused-ring (bicyclic) bond motifs is 6. The van der Waals surface area contributed by atoms with Crippen molar-refractivity contribution in [1.82, 2.24) is 9.97 Å². The summed E-state index contributed by atoms with van der Waals surface area (Å²) in [5.41, 5.74) is 5.57. The number of furan rings is 1. The van der Waals surface area contributed by atoms with E-state index in [1.807, 2.05) is 53.3 Å². The molecule has 1 aliphatic rings. The van der Waals surface area contributed by atoms with Gasteiger partial charge in [0.25, 0.3) is 0 Å². The second-order valence-corrected chi connectivity index (χ2v) is 18.1. The SMILES string of the molecule is CC(C)CC1c2ccc3oc4ncnc(-c5[c-]c6ccccc6c(C(C)(C)C)c5)c4c3c2SC1C.CCC(C)(CC)C(=O)/C=C(\O)C(C)(CC)CC.[Ir]. The van der Waals surface area contributed by atoms with Crippen molar-refractivity contribution in [3.63, 3.8) is 0 Å². The molecule has 2 unspecified atom stereocenters. The molecule has 0 aliphatic carbocycles. The Labute approximate surface area is 335 Å². The van der Waals surface area contributed by atoms with Gasteiger partial charge >= 0.3 is 0 Å². The van der Waals surface area contributed by atoms with Gasteiger partial charge in [0.2, 0.25) is 5.71 Å². The first-order chi connectivity index (χ1) is 24.5. The zero-order valence-corrected chi connectivity index (χ0v) is 37.1. The first-order valence-electron chi connectivity index (χ1n) is 19.3. The molecule has 287 valence electrons. The van der Waals surface area contributed by atoms with Crippen molar-refractivity contribution in [3.05, 3.63) is 77.8 Å². The number of hydrogen-bond acceptors (Lipinski definition) is 6. The van der Waals surface area contributed by atoms with Gasteiger partial charge in [-0.1, -0.05) is 118 Å². The average molecular weight is 912 g/mol. The fourth-order valence-corrected chi connectivity index (χ4v) is 8.78. The molecule has 0 saturated heterocycles. The summed E-state index contributed by atoms with van der Waals surface area (Å²) in [5, 5.41) is 15.2. The van der Waals surface area contributed by atoms with E-state index < -0.39 is 0 Å². The first kappa shape index (κ1) is 42.7. The number of aliphatic hydroxyl groups is 1. The van der Waals surface area contributed by atoms with Gasteiger partial charge in [-0.15, -0.1) is 40.9 Å². The average Bonchev–Trinajstić information content (AvgIpc) is 3.66. The van der Waals surface area contributed by atoms with E-state index in [9.17, 15) is 9.90 Å². The molecule has 0 spiro atoms. The summed E-state index contributed by atoms with van der Waals surface area (Å²) in [4.78, 5) is 22.9. The zero-order chi connectivity index (χ0) is 38.2. The van der Waals surface area contributed by atoms with E-state index in [2.05, 4.69) is 95.1 Å². The molecule has 6 rings (SSSR count). The summed E-state index contributed by atoms with van der Waals surface area (Å²) < 4.78 is 6.30. The Balaban J connectivity index is 0.000000299. The normalized spacial score (nSPS) is 16.5. The van der Waals surface area contributed by atoms with Crippen LogP contribution < -0.4 is 0 Å². The first-order valence-corrected chi connectivity index (χ1v) is 20.2. The van der Waals surface area contributed by atoms with Crippen molar-refractivity contribution in [3.8, 4) is 11.3 Å². The van der Waals surface area contributed by atoms with Crippen LogP contribution in [-0.4, -0.2) is 26.1 Å². The van der Waals surface area contributed by atoms with Crippen LogP contribution in [0.1, 0.15) is 132 Å². The summed E-state index contributed by atoms with van der Waals surface area (Å²) in [5.74, 6) is 1.50. The van der Waals surface area contributed by atoms with Crippen LogP contribution in [0.5, 0.6) is 0 Å². The number of rotatable bonds is 10. The molecule has 2 aromatic heterocycles. The van der Waals surface area contributed by atoms with Crippen molar-refractivity contribution in [1.29, 1.82) is 0 Å². The number of hydrogen-bond donors (Lipinski definition) is 1. The molecule has 5 aromatic rings. The van der Waals surface area contributed by atoms with Gasteiger partial charge in [0.1, 0.15) is 17.7 Å². The summed E-state index contributed by atoms with van der Waals surface area (Å²) in [6.07, 6.45) is 7.57. The maximum absolute atomic E-state index is 12.2. The standard InChI is InChI=1S/C31H31N2OS.C15H28O2.Ir/c1-17(2)13-23-18(3)35-29-22(23)11-12-25-26(29)27-28(32-16-33-30(27)34-25)20-14-19-9-7-8-10-21(19)24(15-20)31(4,5)6;1-7-14(5,8-2)12(16)11-13(17)15(6,9-3)10-4;/h7-12,15-18,23H,13H2,1-6H3;11,16H,7-10H2,1-6H3;/q-1;;/b;12-11-;. The van der Waals surface area contributed by atoms with E-state index in [1.165, 1.54) is 33.9 Å². The Morgan fingerprint density at radius 1 is 0.943 bits per heavy atom. The van der Waals surface area contributed by atoms with E-state index in [-0.39, 0.29) is 47.9 Å². The fourth-order valence-electron chi connectivity index (χ4n) is 7.31. The summed E-state index contributed by atoms with van der Waals surface area (Å²) in [7, 11) is 0. The van der Waals surface area contributed by atoms with E-state index in [4.69, 9.17) is 9.40 Å². The number of allylic oxidation sites excluding steroid dienone is 2. The van der Waals surface area contributed by atoms with Crippen LogP contribution in [-0.2, 0) is 30.3 Å². The van der Waals surface area contributed by atoms with E-state index >= 15 is 0 Å². The van der Waals surface area contributed by atoms with Gasteiger partial charge in [-0.25, -0.2) is 4.98 Å². The zero-order valence-electron chi connectivity index (χ0n) is 33.9. The molecule has 0 saturated carbocycles. The van der Waals surface area contributed by atoms with Gasteiger partial charge < -0.3 is 9.52 Å². The number of benzene rings is 3. The minimum atomic E-state index is -0.337. The molecule has 3 aromatic carbocycles. The van der Waals surface area contributed by atoms with Crippen molar-refractivity contribution in [2.24, 2.45) is 16.7 Å². The third-order valence-corrected chi connectivity index (χ3v) is 13.2. The molecule has 1 radical (unpaired) electrons. The van der Waals surface area contributed by atoms with Gasteiger partial charge in [0, 0.05) is 63.6 Å². The third kappa shape index (κ3) is 8.48. The molecule has 1 aliphatic heterocycles. The molecule has 3 heterocycles. The Kier molecular flexibility index (Phi) is 13.5. The van der Waals surface area contributed by atoms with E-state index in [0.717, 1.165) is 58.7 Å².